The number of rotatable bonds is 3. The van der Waals surface area contributed by atoms with Crippen LogP contribution in [0.2, 0.25) is 0 Å². The monoisotopic (exact) mass is 227 g/mol. The van der Waals surface area contributed by atoms with Crippen LogP contribution >= 0.6 is 0 Å². The lowest BCUT2D eigenvalue weighted by Crippen LogP contribution is -2.14. The lowest BCUT2D eigenvalue weighted by atomic mass is 9.89. The lowest BCUT2D eigenvalue weighted by molar-refractivity contribution is -0.137. The summed E-state index contributed by atoms with van der Waals surface area (Å²) in [5.74, 6) is -1.47. The van der Waals surface area contributed by atoms with Gasteiger partial charge in [0, 0.05) is 12.4 Å². The van der Waals surface area contributed by atoms with Gasteiger partial charge in [0.25, 0.3) is 0 Å². The molecule has 0 aliphatic carbocycles. The van der Waals surface area contributed by atoms with Crippen LogP contribution in [0.25, 0.3) is 0 Å². The van der Waals surface area contributed by atoms with Gasteiger partial charge in [-0.25, -0.2) is 0 Å². The quantitative estimate of drug-likeness (QED) is 0.876. The first-order chi connectivity index (χ1) is 8.20. The van der Waals surface area contributed by atoms with E-state index in [-0.39, 0.29) is 0 Å². The van der Waals surface area contributed by atoms with Crippen molar-refractivity contribution >= 4 is 5.97 Å². The van der Waals surface area contributed by atoms with Crippen LogP contribution in [0.5, 0.6) is 0 Å². The highest BCUT2D eigenvalue weighted by atomic mass is 16.4. The Bertz CT molecular complexity index is 523. The minimum atomic E-state index is -0.842. The van der Waals surface area contributed by atoms with E-state index in [0.29, 0.717) is 0 Å². The number of aryl methyl sites for hydroxylation is 1. The Morgan fingerprint density at radius 3 is 2.41 bits per heavy atom. The molecule has 1 unspecified atom stereocenters. The number of aromatic nitrogens is 1. The molecule has 3 nitrogen and oxygen atoms in total. The van der Waals surface area contributed by atoms with Crippen molar-refractivity contribution in [2.45, 2.75) is 12.8 Å². The minimum Gasteiger partial charge on any atom is -0.481 e. The van der Waals surface area contributed by atoms with Gasteiger partial charge in [-0.3, -0.25) is 9.78 Å². The van der Waals surface area contributed by atoms with Gasteiger partial charge in [0.05, 0.1) is 0 Å². The number of hydrogen-bond donors (Lipinski definition) is 1. The molecular formula is C14H13NO2. The highest BCUT2D eigenvalue weighted by Crippen LogP contribution is 2.26. The summed E-state index contributed by atoms with van der Waals surface area (Å²) in [7, 11) is 0. The zero-order valence-corrected chi connectivity index (χ0v) is 9.50. The molecule has 2 aromatic rings. The number of benzene rings is 1. The third-order valence-corrected chi connectivity index (χ3v) is 2.79. The van der Waals surface area contributed by atoms with E-state index in [0.717, 1.165) is 16.7 Å². The molecule has 17 heavy (non-hydrogen) atoms. The summed E-state index contributed by atoms with van der Waals surface area (Å²) in [4.78, 5) is 15.3. The molecule has 0 bridgehead atoms. The number of aliphatic carboxylic acids is 1. The van der Waals surface area contributed by atoms with Gasteiger partial charge in [0.1, 0.15) is 5.92 Å². The average Bonchev–Trinajstić information content (AvgIpc) is 2.33. The Morgan fingerprint density at radius 2 is 1.82 bits per heavy atom. The van der Waals surface area contributed by atoms with Crippen molar-refractivity contribution in [2.24, 2.45) is 0 Å². The van der Waals surface area contributed by atoms with Crippen LogP contribution in [0, 0.1) is 6.92 Å². The molecule has 1 aromatic carbocycles. The Morgan fingerprint density at radius 1 is 1.18 bits per heavy atom. The number of pyridine rings is 1. The van der Waals surface area contributed by atoms with E-state index in [1.54, 1.807) is 24.5 Å². The van der Waals surface area contributed by atoms with Crippen LogP contribution in [-0.2, 0) is 4.79 Å². The number of hydrogen-bond acceptors (Lipinski definition) is 2. The molecule has 3 heteroatoms. The molecule has 1 N–H and O–H groups in total. The molecule has 0 aliphatic heterocycles. The largest absolute Gasteiger partial charge is 0.481 e. The molecule has 0 saturated heterocycles. The van der Waals surface area contributed by atoms with Crippen molar-refractivity contribution in [1.29, 1.82) is 0 Å². The maximum absolute atomic E-state index is 11.4. The second-order valence-electron chi connectivity index (χ2n) is 3.91. The van der Waals surface area contributed by atoms with E-state index < -0.39 is 11.9 Å². The van der Waals surface area contributed by atoms with Gasteiger partial charge in [-0.15, -0.1) is 0 Å². The van der Waals surface area contributed by atoms with E-state index in [4.69, 9.17) is 0 Å². The molecule has 2 rings (SSSR count). The van der Waals surface area contributed by atoms with Gasteiger partial charge in [-0.05, 0) is 35.7 Å². The van der Waals surface area contributed by atoms with E-state index in [2.05, 4.69) is 4.98 Å². The van der Waals surface area contributed by atoms with Crippen molar-refractivity contribution in [3.63, 3.8) is 0 Å². The first-order valence-electron chi connectivity index (χ1n) is 5.38. The molecule has 0 amide bonds. The molecule has 0 radical (unpaired) electrons. The van der Waals surface area contributed by atoms with Crippen LogP contribution in [0.15, 0.2) is 48.8 Å². The molecule has 0 aliphatic rings. The summed E-state index contributed by atoms with van der Waals surface area (Å²) >= 11 is 0. The first kappa shape index (κ1) is 11.3. The Kier molecular flexibility index (Phi) is 3.19. The SMILES string of the molecule is Cc1ccccc1C(C(=O)O)c1ccncc1. The predicted octanol–water partition coefficient (Wildman–Crippen LogP) is 2.61. The number of carbonyl (C=O) groups is 1. The fraction of sp³-hybridized carbons (Fsp3) is 0.143. The summed E-state index contributed by atoms with van der Waals surface area (Å²) in [6, 6.07) is 11.0. The smallest absolute Gasteiger partial charge is 0.315 e. The standard InChI is InChI=1S/C14H13NO2/c1-10-4-2-3-5-12(10)13(14(16)17)11-6-8-15-9-7-11/h2-9,13H,1H3,(H,16,17). The summed E-state index contributed by atoms with van der Waals surface area (Å²) in [5.41, 5.74) is 2.56. The van der Waals surface area contributed by atoms with Gasteiger partial charge in [-0.2, -0.15) is 0 Å². The summed E-state index contributed by atoms with van der Waals surface area (Å²) < 4.78 is 0. The van der Waals surface area contributed by atoms with Gasteiger partial charge >= 0.3 is 5.97 Å². The third-order valence-electron chi connectivity index (χ3n) is 2.79. The zero-order chi connectivity index (χ0) is 12.3. The topological polar surface area (TPSA) is 50.2 Å². The second kappa shape index (κ2) is 4.78. The lowest BCUT2D eigenvalue weighted by Gasteiger charge is -2.15. The van der Waals surface area contributed by atoms with Crippen LogP contribution in [0.4, 0.5) is 0 Å². The van der Waals surface area contributed by atoms with E-state index in [1.807, 2.05) is 31.2 Å². The molecule has 86 valence electrons. The Labute approximate surface area is 99.8 Å². The van der Waals surface area contributed by atoms with Crippen molar-refractivity contribution in [2.75, 3.05) is 0 Å². The molecule has 1 atom stereocenters. The zero-order valence-electron chi connectivity index (χ0n) is 9.50. The minimum absolute atomic E-state index is 0.626. The van der Waals surface area contributed by atoms with Crippen molar-refractivity contribution < 1.29 is 9.90 Å². The van der Waals surface area contributed by atoms with E-state index in [9.17, 15) is 9.90 Å². The maximum Gasteiger partial charge on any atom is 0.315 e. The third kappa shape index (κ3) is 2.33. The van der Waals surface area contributed by atoms with Crippen LogP contribution in [0.1, 0.15) is 22.6 Å². The van der Waals surface area contributed by atoms with Gasteiger partial charge in [-0.1, -0.05) is 24.3 Å². The molecule has 0 fully saturated rings. The second-order valence-corrected chi connectivity index (χ2v) is 3.91. The molecule has 1 aromatic heterocycles. The van der Waals surface area contributed by atoms with E-state index in [1.165, 1.54) is 0 Å². The normalized spacial score (nSPS) is 12.1. The van der Waals surface area contributed by atoms with Crippen molar-refractivity contribution in [1.82, 2.24) is 4.98 Å². The van der Waals surface area contributed by atoms with Gasteiger partial charge in [0.15, 0.2) is 0 Å². The highest BCUT2D eigenvalue weighted by molar-refractivity contribution is 5.80. The number of carboxylic acid groups (broad SMARTS) is 1. The Balaban J connectivity index is 2.51. The fourth-order valence-electron chi connectivity index (χ4n) is 1.92. The predicted molar refractivity (Wildman–Crippen MR) is 64.9 cm³/mol. The van der Waals surface area contributed by atoms with Gasteiger partial charge < -0.3 is 5.11 Å². The maximum atomic E-state index is 11.4. The average molecular weight is 227 g/mol. The van der Waals surface area contributed by atoms with Crippen molar-refractivity contribution in [3.05, 3.63) is 65.5 Å². The molecule has 0 spiro atoms. The first-order valence-corrected chi connectivity index (χ1v) is 5.38. The van der Waals surface area contributed by atoms with Gasteiger partial charge in [0.2, 0.25) is 0 Å². The highest BCUT2D eigenvalue weighted by Gasteiger charge is 2.23. The molecule has 1 heterocycles. The fourth-order valence-corrected chi connectivity index (χ4v) is 1.92. The van der Waals surface area contributed by atoms with Crippen molar-refractivity contribution in [3.8, 4) is 0 Å². The number of nitrogens with zero attached hydrogens (tertiary/aromatic N) is 1. The summed E-state index contributed by atoms with van der Waals surface area (Å²) in [6.45, 7) is 1.92. The number of carboxylic acids is 1. The molecule has 0 saturated carbocycles. The van der Waals surface area contributed by atoms with Crippen LogP contribution in [0.3, 0.4) is 0 Å². The Hall–Kier alpha value is -2.16. The van der Waals surface area contributed by atoms with Crippen LogP contribution in [-0.4, -0.2) is 16.1 Å². The van der Waals surface area contributed by atoms with E-state index >= 15 is 0 Å². The summed E-state index contributed by atoms with van der Waals surface area (Å²) in [5, 5.41) is 9.38. The van der Waals surface area contributed by atoms with Crippen LogP contribution < -0.4 is 0 Å². The molecular weight excluding hydrogens is 214 g/mol. The summed E-state index contributed by atoms with van der Waals surface area (Å²) in [6.07, 6.45) is 3.23.